The third kappa shape index (κ3) is 4.72. The number of hydrogen-bond donors (Lipinski definition) is 1. The largest absolute Gasteiger partial charge is 0.493 e. The standard InChI is InChI=1S/C17H19F2NO3.ClH/c1-21-14-8-12(16(20)17(18)19)13(9-15(14)22-2)23-10-11-6-4-3-5-7-11;/h3-9,16-17H,10,20H2,1-2H3;1H/t16-;/m1./s1. The molecule has 0 fully saturated rings. The van der Waals surface area contributed by atoms with Crippen LogP contribution in [0.3, 0.4) is 0 Å². The molecule has 0 radical (unpaired) electrons. The van der Waals surface area contributed by atoms with Gasteiger partial charge in [-0.2, -0.15) is 0 Å². The summed E-state index contributed by atoms with van der Waals surface area (Å²) < 4.78 is 42.1. The molecule has 2 aromatic rings. The Bertz CT molecular complexity index is 641. The van der Waals surface area contributed by atoms with Crippen LogP contribution in [-0.4, -0.2) is 20.6 Å². The van der Waals surface area contributed by atoms with Crippen LogP contribution >= 0.6 is 12.4 Å². The van der Waals surface area contributed by atoms with Crippen LogP contribution in [0, 0.1) is 0 Å². The van der Waals surface area contributed by atoms with Crippen LogP contribution in [-0.2, 0) is 6.61 Å². The van der Waals surface area contributed by atoms with E-state index >= 15 is 0 Å². The molecule has 2 rings (SSSR count). The fraction of sp³-hybridized carbons (Fsp3) is 0.294. The first kappa shape index (κ1) is 20.0. The Morgan fingerprint density at radius 3 is 2.08 bits per heavy atom. The molecule has 0 saturated carbocycles. The quantitative estimate of drug-likeness (QED) is 0.812. The number of ether oxygens (including phenoxy) is 3. The molecule has 0 aliphatic carbocycles. The van der Waals surface area contributed by atoms with E-state index in [-0.39, 0.29) is 30.3 Å². The summed E-state index contributed by atoms with van der Waals surface area (Å²) in [5.74, 6) is 0.964. The lowest BCUT2D eigenvalue weighted by Crippen LogP contribution is -2.20. The smallest absolute Gasteiger partial charge is 0.257 e. The molecular weight excluding hydrogens is 340 g/mol. The highest BCUT2D eigenvalue weighted by Gasteiger charge is 2.24. The van der Waals surface area contributed by atoms with Gasteiger partial charge in [0.2, 0.25) is 0 Å². The van der Waals surface area contributed by atoms with Gasteiger partial charge >= 0.3 is 0 Å². The highest BCUT2D eigenvalue weighted by molar-refractivity contribution is 5.85. The number of methoxy groups -OCH3 is 2. The van der Waals surface area contributed by atoms with Crippen molar-refractivity contribution in [1.82, 2.24) is 0 Å². The van der Waals surface area contributed by atoms with Crippen molar-refractivity contribution in [3.05, 3.63) is 53.6 Å². The zero-order valence-corrected chi connectivity index (χ0v) is 14.2. The zero-order chi connectivity index (χ0) is 16.8. The Hall–Kier alpha value is -2.05. The van der Waals surface area contributed by atoms with Crippen LogP contribution in [0.25, 0.3) is 0 Å². The lowest BCUT2D eigenvalue weighted by molar-refractivity contribution is 0.114. The van der Waals surface area contributed by atoms with E-state index in [0.29, 0.717) is 11.5 Å². The predicted octanol–water partition coefficient (Wildman–Crippen LogP) is 3.97. The maximum absolute atomic E-state index is 13.0. The molecule has 0 aromatic heterocycles. The molecule has 0 heterocycles. The second kappa shape index (κ2) is 9.30. The number of halogens is 3. The Balaban J connectivity index is 0.00000288. The second-order valence-electron chi connectivity index (χ2n) is 4.88. The molecule has 0 unspecified atom stereocenters. The van der Waals surface area contributed by atoms with Crippen LogP contribution in [0.5, 0.6) is 17.2 Å². The maximum atomic E-state index is 13.0. The summed E-state index contributed by atoms with van der Waals surface area (Å²) in [6, 6.07) is 10.9. The fourth-order valence-corrected chi connectivity index (χ4v) is 2.13. The highest BCUT2D eigenvalue weighted by Crippen LogP contribution is 2.38. The van der Waals surface area contributed by atoms with Gasteiger partial charge in [-0.25, -0.2) is 8.78 Å². The van der Waals surface area contributed by atoms with Gasteiger partial charge in [-0.05, 0) is 11.6 Å². The summed E-state index contributed by atoms with van der Waals surface area (Å²) in [5.41, 5.74) is 6.69. The first-order valence-electron chi connectivity index (χ1n) is 7.03. The van der Waals surface area contributed by atoms with E-state index in [1.807, 2.05) is 30.3 Å². The summed E-state index contributed by atoms with van der Waals surface area (Å²) in [6.07, 6.45) is -2.72. The van der Waals surface area contributed by atoms with Crippen molar-refractivity contribution >= 4 is 12.4 Å². The van der Waals surface area contributed by atoms with E-state index in [1.54, 1.807) is 0 Å². The lowest BCUT2D eigenvalue weighted by Gasteiger charge is -2.19. The molecule has 4 nitrogen and oxygen atoms in total. The SMILES string of the molecule is COc1cc(OCc2ccccc2)c([C@@H](N)C(F)F)cc1OC.Cl. The molecule has 0 amide bonds. The monoisotopic (exact) mass is 359 g/mol. The number of alkyl halides is 2. The topological polar surface area (TPSA) is 53.7 Å². The van der Waals surface area contributed by atoms with Gasteiger partial charge in [0.15, 0.2) is 11.5 Å². The zero-order valence-electron chi connectivity index (χ0n) is 13.4. The number of nitrogens with two attached hydrogens (primary N) is 1. The predicted molar refractivity (Wildman–Crippen MR) is 90.5 cm³/mol. The minimum atomic E-state index is -2.72. The number of hydrogen-bond acceptors (Lipinski definition) is 4. The second-order valence-corrected chi connectivity index (χ2v) is 4.88. The molecule has 24 heavy (non-hydrogen) atoms. The molecule has 7 heteroatoms. The van der Waals surface area contributed by atoms with E-state index in [0.717, 1.165) is 5.56 Å². The normalized spacial score (nSPS) is 11.6. The Morgan fingerprint density at radius 2 is 1.54 bits per heavy atom. The van der Waals surface area contributed by atoms with E-state index in [1.165, 1.54) is 26.4 Å². The van der Waals surface area contributed by atoms with Gasteiger partial charge in [-0.15, -0.1) is 12.4 Å². The first-order valence-corrected chi connectivity index (χ1v) is 7.03. The van der Waals surface area contributed by atoms with Gasteiger partial charge in [0.1, 0.15) is 12.4 Å². The summed E-state index contributed by atoms with van der Waals surface area (Å²) in [4.78, 5) is 0. The van der Waals surface area contributed by atoms with E-state index in [4.69, 9.17) is 19.9 Å². The number of benzene rings is 2. The van der Waals surface area contributed by atoms with Crippen molar-refractivity contribution in [3.63, 3.8) is 0 Å². The minimum Gasteiger partial charge on any atom is -0.493 e. The van der Waals surface area contributed by atoms with Crippen molar-refractivity contribution in [3.8, 4) is 17.2 Å². The van der Waals surface area contributed by atoms with Crippen molar-refractivity contribution in [2.24, 2.45) is 5.73 Å². The molecular formula is C17H20ClF2NO3. The van der Waals surface area contributed by atoms with Crippen molar-refractivity contribution in [1.29, 1.82) is 0 Å². The Labute approximate surface area is 145 Å². The molecule has 0 bridgehead atoms. The summed E-state index contributed by atoms with van der Waals surface area (Å²) in [5, 5.41) is 0. The summed E-state index contributed by atoms with van der Waals surface area (Å²) in [7, 11) is 2.89. The van der Waals surface area contributed by atoms with Gasteiger partial charge in [-0.3, -0.25) is 0 Å². The van der Waals surface area contributed by atoms with Crippen molar-refractivity contribution in [2.45, 2.75) is 19.1 Å². The van der Waals surface area contributed by atoms with Crippen molar-refractivity contribution < 1.29 is 23.0 Å². The van der Waals surface area contributed by atoms with Gasteiger partial charge < -0.3 is 19.9 Å². The molecule has 1 atom stereocenters. The first-order chi connectivity index (χ1) is 11.1. The molecule has 132 valence electrons. The summed E-state index contributed by atoms with van der Waals surface area (Å²) >= 11 is 0. The maximum Gasteiger partial charge on any atom is 0.257 e. The molecule has 2 aromatic carbocycles. The molecule has 0 saturated heterocycles. The minimum absolute atomic E-state index is 0. The van der Waals surface area contributed by atoms with Crippen LogP contribution in [0.4, 0.5) is 8.78 Å². The van der Waals surface area contributed by atoms with Crippen LogP contribution in [0.1, 0.15) is 17.2 Å². The van der Waals surface area contributed by atoms with Gasteiger partial charge in [0, 0.05) is 11.6 Å². The molecule has 0 spiro atoms. The number of rotatable bonds is 7. The molecule has 0 aliphatic rings. The van der Waals surface area contributed by atoms with E-state index in [2.05, 4.69) is 0 Å². The van der Waals surface area contributed by atoms with E-state index < -0.39 is 12.5 Å². The van der Waals surface area contributed by atoms with Crippen molar-refractivity contribution in [2.75, 3.05) is 14.2 Å². The van der Waals surface area contributed by atoms with E-state index in [9.17, 15) is 8.78 Å². The Morgan fingerprint density at radius 1 is 0.958 bits per heavy atom. The highest BCUT2D eigenvalue weighted by atomic mass is 35.5. The lowest BCUT2D eigenvalue weighted by atomic mass is 10.1. The third-order valence-electron chi connectivity index (χ3n) is 3.38. The third-order valence-corrected chi connectivity index (χ3v) is 3.38. The van der Waals surface area contributed by atoms with Crippen LogP contribution < -0.4 is 19.9 Å². The summed E-state index contributed by atoms with van der Waals surface area (Å²) in [6.45, 7) is 0.235. The van der Waals surface area contributed by atoms with Gasteiger partial charge in [-0.1, -0.05) is 30.3 Å². The molecule has 0 aliphatic heterocycles. The van der Waals surface area contributed by atoms with Gasteiger partial charge in [0.05, 0.1) is 20.3 Å². The van der Waals surface area contributed by atoms with Gasteiger partial charge in [0.25, 0.3) is 6.43 Å². The fourth-order valence-electron chi connectivity index (χ4n) is 2.13. The van der Waals surface area contributed by atoms with Crippen LogP contribution in [0.2, 0.25) is 0 Å². The average Bonchev–Trinajstić information content (AvgIpc) is 2.59. The molecule has 2 N–H and O–H groups in total. The van der Waals surface area contributed by atoms with Crippen LogP contribution in [0.15, 0.2) is 42.5 Å². The Kier molecular flexibility index (Phi) is 7.74. The average molecular weight is 360 g/mol.